The molecule has 2 aliphatic rings. The number of aliphatic hydroxyl groups is 1. The van der Waals surface area contributed by atoms with Gasteiger partial charge < -0.3 is 14.4 Å². The van der Waals surface area contributed by atoms with Crippen LogP contribution in [0.2, 0.25) is 0 Å². The van der Waals surface area contributed by atoms with Gasteiger partial charge in [-0.15, -0.1) is 0 Å². The average molecular weight is 405 g/mol. The first kappa shape index (κ1) is 19.3. The topological polar surface area (TPSA) is 56.0 Å². The number of furan rings is 1. The summed E-state index contributed by atoms with van der Waals surface area (Å²) in [5.41, 5.74) is 2.34. The van der Waals surface area contributed by atoms with Crippen LogP contribution in [-0.4, -0.2) is 71.3 Å². The van der Waals surface area contributed by atoms with E-state index in [9.17, 15) is 5.11 Å². The Balaban J connectivity index is 1.18. The minimum Gasteiger partial charge on any atom is -0.464 e. The molecule has 2 atom stereocenters. The van der Waals surface area contributed by atoms with Crippen LogP contribution >= 0.6 is 0 Å². The summed E-state index contributed by atoms with van der Waals surface area (Å²) in [6.45, 7) is 6.28. The molecule has 4 heterocycles. The minimum absolute atomic E-state index is 0.198. The number of piperazine rings is 1. The zero-order chi connectivity index (χ0) is 20.3. The van der Waals surface area contributed by atoms with Crippen molar-refractivity contribution in [3.8, 4) is 11.3 Å². The van der Waals surface area contributed by atoms with Crippen LogP contribution in [-0.2, 0) is 6.54 Å². The number of pyridine rings is 1. The summed E-state index contributed by atoms with van der Waals surface area (Å²) in [6.07, 6.45) is 3.25. The van der Waals surface area contributed by atoms with E-state index in [4.69, 9.17) is 4.42 Å². The van der Waals surface area contributed by atoms with Crippen LogP contribution < -0.4 is 4.90 Å². The van der Waals surface area contributed by atoms with Crippen molar-refractivity contribution in [1.29, 1.82) is 0 Å². The van der Waals surface area contributed by atoms with Crippen LogP contribution in [0.5, 0.6) is 0 Å². The van der Waals surface area contributed by atoms with E-state index in [1.807, 2.05) is 30.5 Å². The highest BCUT2D eigenvalue weighted by Crippen LogP contribution is 2.24. The molecule has 2 saturated heterocycles. The first-order chi connectivity index (χ1) is 14.8. The Morgan fingerprint density at radius 2 is 1.87 bits per heavy atom. The van der Waals surface area contributed by atoms with E-state index < -0.39 is 0 Å². The second-order valence-corrected chi connectivity index (χ2v) is 8.22. The number of anilines is 1. The smallest absolute Gasteiger partial charge is 0.133 e. The molecular weight excluding hydrogens is 376 g/mol. The maximum atomic E-state index is 10.8. The Kier molecular flexibility index (Phi) is 5.53. The number of likely N-dealkylation sites (tertiary alicyclic amines) is 1. The molecular formula is C24H28N4O2. The van der Waals surface area contributed by atoms with Gasteiger partial charge in [0.15, 0.2) is 0 Å². The summed E-state index contributed by atoms with van der Waals surface area (Å²) in [5.74, 6) is 1.93. The van der Waals surface area contributed by atoms with Crippen LogP contribution in [0.3, 0.4) is 0 Å². The number of hydrogen-bond acceptors (Lipinski definition) is 6. The minimum atomic E-state index is -0.306. The fourth-order valence-electron chi connectivity index (χ4n) is 4.68. The van der Waals surface area contributed by atoms with E-state index in [0.717, 1.165) is 63.0 Å². The molecule has 0 bridgehead atoms. The Morgan fingerprint density at radius 3 is 2.63 bits per heavy atom. The number of nitrogens with zero attached hydrogens (tertiary/aromatic N) is 4. The van der Waals surface area contributed by atoms with Crippen molar-refractivity contribution in [3.05, 3.63) is 72.6 Å². The third-order valence-electron chi connectivity index (χ3n) is 6.23. The SMILES string of the molecule is O[C@@H]1CN(Cc2cccc(-c3ccco3)c2)C[C@H]1N1CCN(c2ccccn2)CC1. The van der Waals surface area contributed by atoms with E-state index >= 15 is 0 Å². The zero-order valence-corrected chi connectivity index (χ0v) is 17.1. The van der Waals surface area contributed by atoms with Crippen LogP contribution in [0.25, 0.3) is 11.3 Å². The molecule has 2 aromatic heterocycles. The molecule has 6 nitrogen and oxygen atoms in total. The van der Waals surface area contributed by atoms with Crippen LogP contribution in [0.1, 0.15) is 5.56 Å². The van der Waals surface area contributed by atoms with Crippen molar-refractivity contribution in [2.75, 3.05) is 44.2 Å². The Morgan fingerprint density at radius 1 is 0.967 bits per heavy atom. The van der Waals surface area contributed by atoms with E-state index in [0.29, 0.717) is 0 Å². The molecule has 2 aliphatic heterocycles. The molecule has 5 rings (SSSR count). The Hall–Kier alpha value is -2.67. The normalized spacial score (nSPS) is 23.2. The Bertz CT molecular complexity index is 939. The maximum absolute atomic E-state index is 10.8. The molecule has 2 fully saturated rings. The first-order valence-corrected chi connectivity index (χ1v) is 10.7. The van der Waals surface area contributed by atoms with Crippen molar-refractivity contribution in [2.24, 2.45) is 0 Å². The molecule has 0 radical (unpaired) electrons. The highest BCUT2D eigenvalue weighted by atomic mass is 16.3. The van der Waals surface area contributed by atoms with Gasteiger partial charge in [-0.25, -0.2) is 4.98 Å². The zero-order valence-electron chi connectivity index (χ0n) is 17.1. The summed E-state index contributed by atoms with van der Waals surface area (Å²) >= 11 is 0. The van der Waals surface area contributed by atoms with Crippen LogP contribution in [0, 0.1) is 0 Å². The van der Waals surface area contributed by atoms with E-state index in [1.54, 1.807) is 6.26 Å². The molecule has 0 spiro atoms. The van der Waals surface area contributed by atoms with Gasteiger partial charge in [0.2, 0.25) is 0 Å². The fourth-order valence-corrected chi connectivity index (χ4v) is 4.68. The molecule has 0 saturated carbocycles. The molecule has 0 aliphatic carbocycles. The number of aliphatic hydroxyl groups excluding tert-OH is 1. The first-order valence-electron chi connectivity index (χ1n) is 10.7. The molecule has 6 heteroatoms. The molecule has 156 valence electrons. The van der Waals surface area contributed by atoms with Gasteiger partial charge in [-0.2, -0.15) is 0 Å². The standard InChI is InChI=1S/C24H28N4O2/c29-22-18-26(16-19-5-3-6-20(15-19)23-7-4-14-30-23)17-21(22)27-10-12-28(13-11-27)24-8-1-2-9-25-24/h1-9,14-15,21-22,29H,10-13,16-18H2/t21-,22-/m1/s1. The van der Waals surface area contributed by atoms with Crippen molar-refractivity contribution in [1.82, 2.24) is 14.8 Å². The predicted octanol–water partition coefficient (Wildman–Crippen LogP) is 2.71. The third-order valence-corrected chi connectivity index (χ3v) is 6.23. The summed E-state index contributed by atoms with van der Waals surface area (Å²) in [6, 6.07) is 18.6. The number of rotatable bonds is 5. The molecule has 3 aromatic rings. The van der Waals surface area contributed by atoms with E-state index in [2.05, 4.69) is 50.0 Å². The van der Waals surface area contributed by atoms with Crippen LogP contribution in [0.4, 0.5) is 5.82 Å². The van der Waals surface area contributed by atoms with Gasteiger partial charge in [0.25, 0.3) is 0 Å². The van der Waals surface area contributed by atoms with E-state index in [-0.39, 0.29) is 12.1 Å². The second-order valence-electron chi connectivity index (χ2n) is 8.22. The summed E-state index contributed by atoms with van der Waals surface area (Å²) in [5, 5.41) is 10.8. The van der Waals surface area contributed by atoms with Crippen LogP contribution in [0.15, 0.2) is 71.5 Å². The van der Waals surface area contributed by atoms with Crippen molar-refractivity contribution >= 4 is 5.82 Å². The highest BCUT2D eigenvalue weighted by molar-refractivity contribution is 5.58. The molecule has 30 heavy (non-hydrogen) atoms. The Labute approximate surface area is 177 Å². The highest BCUT2D eigenvalue weighted by Gasteiger charge is 2.36. The number of benzene rings is 1. The van der Waals surface area contributed by atoms with Gasteiger partial charge in [0.1, 0.15) is 11.6 Å². The van der Waals surface area contributed by atoms with Gasteiger partial charge in [0.05, 0.1) is 12.4 Å². The number of hydrogen-bond donors (Lipinski definition) is 1. The fraction of sp³-hybridized carbons (Fsp3) is 0.375. The third kappa shape index (κ3) is 4.12. The maximum Gasteiger partial charge on any atom is 0.133 e. The molecule has 0 amide bonds. The second kappa shape index (κ2) is 8.60. The van der Waals surface area contributed by atoms with Crippen molar-refractivity contribution in [3.63, 3.8) is 0 Å². The molecule has 1 aromatic carbocycles. The number of aromatic nitrogens is 1. The van der Waals surface area contributed by atoms with Gasteiger partial charge >= 0.3 is 0 Å². The average Bonchev–Trinajstić information content (AvgIpc) is 3.45. The lowest BCUT2D eigenvalue weighted by Crippen LogP contribution is -2.53. The monoisotopic (exact) mass is 404 g/mol. The largest absolute Gasteiger partial charge is 0.464 e. The lowest BCUT2D eigenvalue weighted by molar-refractivity contribution is 0.0790. The van der Waals surface area contributed by atoms with E-state index in [1.165, 1.54) is 5.56 Å². The number of β-amino-alcohol motifs (C(OH)–C–C–N with tert-alkyl or cyclic N) is 1. The summed E-state index contributed by atoms with van der Waals surface area (Å²) in [4.78, 5) is 11.6. The van der Waals surface area contributed by atoms with Crippen molar-refractivity contribution < 1.29 is 9.52 Å². The van der Waals surface area contributed by atoms with Gasteiger partial charge in [-0.1, -0.05) is 24.3 Å². The van der Waals surface area contributed by atoms with Gasteiger partial charge in [0, 0.05) is 63.6 Å². The quantitative estimate of drug-likeness (QED) is 0.706. The lowest BCUT2D eigenvalue weighted by Gasteiger charge is -2.39. The van der Waals surface area contributed by atoms with Gasteiger partial charge in [-0.3, -0.25) is 9.80 Å². The molecule has 0 unspecified atom stereocenters. The molecule has 1 N–H and O–H groups in total. The summed E-state index contributed by atoms with van der Waals surface area (Å²) < 4.78 is 5.53. The van der Waals surface area contributed by atoms with Gasteiger partial charge in [-0.05, 0) is 35.9 Å². The predicted molar refractivity (Wildman–Crippen MR) is 117 cm³/mol. The van der Waals surface area contributed by atoms with Crippen molar-refractivity contribution in [2.45, 2.75) is 18.7 Å². The lowest BCUT2D eigenvalue weighted by atomic mass is 10.1. The summed E-state index contributed by atoms with van der Waals surface area (Å²) in [7, 11) is 0.